The lowest BCUT2D eigenvalue weighted by Gasteiger charge is -2.21. The van der Waals surface area contributed by atoms with E-state index in [1.807, 2.05) is 6.07 Å². The van der Waals surface area contributed by atoms with E-state index in [0.29, 0.717) is 33.7 Å². The highest BCUT2D eigenvalue weighted by Crippen LogP contribution is 2.31. The van der Waals surface area contributed by atoms with Crippen LogP contribution in [0.5, 0.6) is 0 Å². The first-order valence-corrected chi connectivity index (χ1v) is 13.5. The Kier molecular flexibility index (Phi) is 7.01. The number of carbonyl (C=O) groups excluding carboxylic acids is 1. The zero-order valence-corrected chi connectivity index (χ0v) is 23.7. The summed E-state index contributed by atoms with van der Waals surface area (Å²) in [7, 11) is 1.19. The van der Waals surface area contributed by atoms with Crippen molar-refractivity contribution in [2.45, 2.75) is 26.1 Å². The van der Waals surface area contributed by atoms with Crippen molar-refractivity contribution in [3.63, 3.8) is 0 Å². The van der Waals surface area contributed by atoms with E-state index < -0.39 is 29.4 Å². The molecule has 0 bridgehead atoms. The summed E-state index contributed by atoms with van der Waals surface area (Å²) < 4.78 is 44.5. The first-order chi connectivity index (χ1) is 21.0. The van der Waals surface area contributed by atoms with E-state index in [0.717, 1.165) is 10.9 Å². The van der Waals surface area contributed by atoms with Crippen LogP contribution in [-0.2, 0) is 13.2 Å². The Morgan fingerprint density at radius 2 is 1.77 bits per heavy atom. The Morgan fingerprint density at radius 3 is 2.52 bits per heavy atom. The maximum atomic E-state index is 14.2. The number of aryl methyl sites for hydroxylation is 2. The van der Waals surface area contributed by atoms with Gasteiger partial charge >= 0.3 is 6.18 Å². The van der Waals surface area contributed by atoms with Crippen LogP contribution in [0.25, 0.3) is 22.1 Å². The number of rotatable bonds is 4. The smallest absolute Gasteiger partial charge is 0.344 e. The Morgan fingerprint density at radius 1 is 1.02 bits per heavy atom. The molecule has 0 aliphatic carbocycles. The first-order valence-electron chi connectivity index (χ1n) is 13.5. The Bertz CT molecular complexity index is 2190. The summed E-state index contributed by atoms with van der Waals surface area (Å²) in [6, 6.07) is 16.7. The van der Waals surface area contributed by atoms with E-state index in [2.05, 4.69) is 32.3 Å². The molecule has 0 saturated carbocycles. The summed E-state index contributed by atoms with van der Waals surface area (Å²) in [6.45, 7) is 3.48. The molecule has 0 aliphatic rings. The molecule has 2 aromatic carbocycles. The SMILES string of the molecule is Cc1nn2cccnc2c1C(=O)NC(C)c1cc2cccc(C#Cc3cnn(C)c3C(F)(F)F)c2c(=O)n1-c1ccccc1. The number of fused-ring (bicyclic) bond motifs is 2. The van der Waals surface area contributed by atoms with Crippen LogP contribution >= 0.6 is 0 Å². The molecular formula is C32H24F3N7O2. The highest BCUT2D eigenvalue weighted by Gasteiger charge is 2.37. The van der Waals surface area contributed by atoms with Crippen LogP contribution in [-0.4, -0.2) is 34.9 Å². The standard InChI is InChI=1S/C32H24F3N7O2/c1-19(38-30(43)26-20(2)39-41-16-8-15-36-29(26)41)25-17-22-10-7-9-21(13-14-23-18-37-40(3)28(23)32(33,34)35)27(22)31(44)42(25)24-11-5-4-6-12-24/h4-12,15-19H,1-3H3,(H,38,43). The second-order valence-corrected chi connectivity index (χ2v) is 10.1. The second-order valence-electron chi connectivity index (χ2n) is 10.1. The molecule has 220 valence electrons. The van der Waals surface area contributed by atoms with Gasteiger partial charge in [-0.15, -0.1) is 0 Å². The van der Waals surface area contributed by atoms with Gasteiger partial charge in [-0.3, -0.25) is 18.8 Å². The summed E-state index contributed by atoms with van der Waals surface area (Å²) in [5.41, 5.74) is 0.784. The monoisotopic (exact) mass is 595 g/mol. The van der Waals surface area contributed by atoms with E-state index in [4.69, 9.17) is 0 Å². The summed E-state index contributed by atoms with van der Waals surface area (Å²) >= 11 is 0. The number of aromatic nitrogens is 6. The maximum absolute atomic E-state index is 14.2. The molecule has 1 atom stereocenters. The third-order valence-electron chi connectivity index (χ3n) is 7.22. The molecule has 6 aromatic rings. The number of carbonyl (C=O) groups is 1. The van der Waals surface area contributed by atoms with E-state index >= 15 is 0 Å². The van der Waals surface area contributed by atoms with Gasteiger partial charge in [0.1, 0.15) is 5.56 Å². The number of halogens is 3. The van der Waals surface area contributed by atoms with Crippen molar-refractivity contribution in [1.29, 1.82) is 0 Å². The number of para-hydroxylation sites is 1. The average molecular weight is 596 g/mol. The van der Waals surface area contributed by atoms with Crippen molar-refractivity contribution in [3.05, 3.63) is 123 Å². The van der Waals surface area contributed by atoms with E-state index in [-0.39, 0.29) is 16.5 Å². The van der Waals surface area contributed by atoms with Crippen LogP contribution in [0, 0.1) is 18.8 Å². The average Bonchev–Trinajstić information content (AvgIpc) is 3.54. The van der Waals surface area contributed by atoms with Crippen molar-refractivity contribution in [2.24, 2.45) is 7.05 Å². The van der Waals surface area contributed by atoms with Crippen molar-refractivity contribution >= 4 is 22.3 Å². The molecule has 4 heterocycles. The van der Waals surface area contributed by atoms with Crippen molar-refractivity contribution < 1.29 is 18.0 Å². The fourth-order valence-electron chi connectivity index (χ4n) is 5.25. The van der Waals surface area contributed by atoms with Crippen LogP contribution < -0.4 is 10.9 Å². The molecule has 1 unspecified atom stereocenters. The summed E-state index contributed by atoms with van der Waals surface area (Å²) in [4.78, 5) is 32.0. The molecular weight excluding hydrogens is 571 g/mol. The number of hydrogen-bond acceptors (Lipinski definition) is 5. The predicted octanol–water partition coefficient (Wildman–Crippen LogP) is 4.98. The highest BCUT2D eigenvalue weighted by molar-refractivity contribution is 6.01. The quantitative estimate of drug-likeness (QED) is 0.290. The number of alkyl halides is 3. The molecule has 1 N–H and O–H groups in total. The van der Waals surface area contributed by atoms with Gasteiger partial charge in [0.05, 0.1) is 28.9 Å². The number of pyridine rings is 1. The third-order valence-corrected chi connectivity index (χ3v) is 7.22. The van der Waals surface area contributed by atoms with E-state index in [1.165, 1.54) is 16.1 Å². The van der Waals surface area contributed by atoms with Gasteiger partial charge in [-0.1, -0.05) is 42.2 Å². The molecule has 0 aliphatic heterocycles. The van der Waals surface area contributed by atoms with E-state index in [9.17, 15) is 22.8 Å². The van der Waals surface area contributed by atoms with Crippen molar-refractivity contribution in [1.82, 2.24) is 34.3 Å². The van der Waals surface area contributed by atoms with Gasteiger partial charge in [-0.2, -0.15) is 23.4 Å². The number of hydrogen-bond donors (Lipinski definition) is 1. The minimum absolute atomic E-state index is 0.228. The van der Waals surface area contributed by atoms with Crippen molar-refractivity contribution in [3.8, 4) is 17.5 Å². The molecule has 12 heteroatoms. The van der Waals surface area contributed by atoms with Crippen LogP contribution in [0.3, 0.4) is 0 Å². The number of nitrogens with one attached hydrogen (secondary N) is 1. The minimum atomic E-state index is -4.65. The van der Waals surface area contributed by atoms with Crippen LogP contribution in [0.1, 0.15) is 51.5 Å². The highest BCUT2D eigenvalue weighted by atomic mass is 19.4. The maximum Gasteiger partial charge on any atom is 0.434 e. The van der Waals surface area contributed by atoms with Gasteiger partial charge < -0.3 is 5.32 Å². The van der Waals surface area contributed by atoms with Crippen LogP contribution in [0.15, 0.2) is 84.0 Å². The lowest BCUT2D eigenvalue weighted by molar-refractivity contribution is -0.143. The predicted molar refractivity (Wildman–Crippen MR) is 157 cm³/mol. The van der Waals surface area contributed by atoms with Crippen LogP contribution in [0.2, 0.25) is 0 Å². The minimum Gasteiger partial charge on any atom is -0.344 e. The van der Waals surface area contributed by atoms with Gasteiger partial charge in [0.25, 0.3) is 11.5 Å². The number of nitrogens with zero attached hydrogens (tertiary/aromatic N) is 6. The number of amides is 1. The van der Waals surface area contributed by atoms with Gasteiger partial charge in [0, 0.05) is 36.4 Å². The van der Waals surface area contributed by atoms with Crippen LogP contribution in [0.4, 0.5) is 13.2 Å². The van der Waals surface area contributed by atoms with Gasteiger partial charge in [-0.05, 0) is 49.6 Å². The van der Waals surface area contributed by atoms with E-state index in [1.54, 1.807) is 80.8 Å². The Labute approximate surface area is 248 Å². The number of benzene rings is 2. The summed E-state index contributed by atoms with van der Waals surface area (Å²) in [5, 5.41) is 11.8. The van der Waals surface area contributed by atoms with Crippen molar-refractivity contribution in [2.75, 3.05) is 0 Å². The topological polar surface area (TPSA) is 99.1 Å². The van der Waals surface area contributed by atoms with Gasteiger partial charge in [0.15, 0.2) is 11.3 Å². The lowest BCUT2D eigenvalue weighted by atomic mass is 10.0. The lowest BCUT2D eigenvalue weighted by Crippen LogP contribution is -2.32. The molecule has 44 heavy (non-hydrogen) atoms. The third kappa shape index (κ3) is 4.98. The molecule has 0 saturated heterocycles. The molecule has 4 aromatic heterocycles. The molecule has 0 fully saturated rings. The zero-order valence-electron chi connectivity index (χ0n) is 23.7. The normalized spacial score (nSPS) is 12.2. The molecule has 1 amide bonds. The summed E-state index contributed by atoms with van der Waals surface area (Å²) in [5.74, 6) is 4.92. The molecule has 9 nitrogen and oxygen atoms in total. The zero-order chi connectivity index (χ0) is 31.2. The fourth-order valence-corrected chi connectivity index (χ4v) is 5.25. The van der Waals surface area contributed by atoms with Gasteiger partial charge in [-0.25, -0.2) is 9.50 Å². The molecule has 0 spiro atoms. The largest absolute Gasteiger partial charge is 0.434 e. The molecule has 6 rings (SSSR count). The first kappa shape index (κ1) is 28.4. The Balaban J connectivity index is 1.48. The molecule has 0 radical (unpaired) electrons. The fraction of sp³-hybridized carbons (Fsp3) is 0.156. The summed E-state index contributed by atoms with van der Waals surface area (Å²) in [6.07, 6.45) is -0.329. The Hall–Kier alpha value is -5.70. The second kappa shape index (κ2) is 10.9. The van der Waals surface area contributed by atoms with Gasteiger partial charge in [0.2, 0.25) is 0 Å².